The molecule has 0 heterocycles. The molecule has 0 atom stereocenters. The Morgan fingerprint density at radius 1 is 1.15 bits per heavy atom. The highest BCUT2D eigenvalue weighted by Gasteiger charge is 2.18. The van der Waals surface area contributed by atoms with Gasteiger partial charge in [0, 0.05) is 5.69 Å². The molecule has 0 saturated heterocycles. The zero-order chi connectivity index (χ0) is 18.4. The van der Waals surface area contributed by atoms with E-state index in [2.05, 4.69) is 10.3 Å². The summed E-state index contributed by atoms with van der Waals surface area (Å²) in [6.45, 7) is 2.52. The Bertz CT molecular complexity index is 768. The summed E-state index contributed by atoms with van der Waals surface area (Å²) in [5.41, 5.74) is 9.12. The second-order valence-corrected chi connectivity index (χ2v) is 6.71. The summed E-state index contributed by atoms with van der Waals surface area (Å²) in [7, 11) is 1.66. The van der Waals surface area contributed by atoms with Crippen LogP contribution in [0.1, 0.15) is 36.8 Å². The van der Waals surface area contributed by atoms with Crippen molar-refractivity contribution in [2.24, 2.45) is 10.7 Å². The summed E-state index contributed by atoms with van der Waals surface area (Å²) in [5.74, 6) is 1.94. The lowest BCUT2D eigenvalue weighted by Crippen LogP contribution is -2.22. The van der Waals surface area contributed by atoms with Crippen LogP contribution in [-0.4, -0.2) is 19.2 Å². The van der Waals surface area contributed by atoms with Gasteiger partial charge in [0.05, 0.1) is 19.8 Å². The van der Waals surface area contributed by atoms with Crippen molar-refractivity contribution in [3.05, 3.63) is 53.6 Å². The fraction of sp³-hybridized carbons (Fsp3) is 0.381. The van der Waals surface area contributed by atoms with Crippen molar-refractivity contribution in [2.45, 2.75) is 45.3 Å². The fourth-order valence-corrected chi connectivity index (χ4v) is 3.18. The zero-order valence-electron chi connectivity index (χ0n) is 15.5. The van der Waals surface area contributed by atoms with Crippen LogP contribution in [-0.2, 0) is 6.54 Å². The molecular weight excluding hydrogens is 326 g/mol. The number of ether oxygens (including phenoxy) is 2. The highest BCUT2D eigenvalue weighted by Crippen LogP contribution is 2.32. The minimum atomic E-state index is 0.307. The summed E-state index contributed by atoms with van der Waals surface area (Å²) in [5, 5.41) is 3.11. The molecule has 0 bridgehead atoms. The molecule has 0 amide bonds. The van der Waals surface area contributed by atoms with E-state index in [9.17, 15) is 0 Å². The maximum atomic E-state index is 6.07. The predicted molar refractivity (Wildman–Crippen MR) is 106 cm³/mol. The number of hydrogen-bond donors (Lipinski definition) is 2. The number of aliphatic imine (C=N–C) groups is 1. The smallest absolute Gasteiger partial charge is 0.193 e. The molecule has 0 aromatic heterocycles. The standard InChI is InChI=1S/C21H27N3O2/c1-15-6-5-7-17(12-15)24-21(22)23-14-16-10-11-19(20(13-16)25-2)26-18-8-3-4-9-18/h5-7,10-13,18H,3-4,8-9,14H2,1-2H3,(H3,22,23,24). The van der Waals surface area contributed by atoms with Gasteiger partial charge in [0.2, 0.25) is 0 Å². The number of aryl methyl sites for hydroxylation is 1. The van der Waals surface area contributed by atoms with E-state index in [-0.39, 0.29) is 0 Å². The highest BCUT2D eigenvalue weighted by atomic mass is 16.5. The first-order valence-electron chi connectivity index (χ1n) is 9.11. The molecule has 1 aliphatic carbocycles. The van der Waals surface area contributed by atoms with E-state index in [1.165, 1.54) is 18.4 Å². The third kappa shape index (κ3) is 4.91. The van der Waals surface area contributed by atoms with Crippen molar-refractivity contribution in [1.82, 2.24) is 0 Å². The maximum Gasteiger partial charge on any atom is 0.193 e. The molecule has 5 heteroatoms. The highest BCUT2D eigenvalue weighted by molar-refractivity contribution is 5.92. The topological polar surface area (TPSA) is 68.9 Å². The Balaban J connectivity index is 1.63. The minimum Gasteiger partial charge on any atom is -0.493 e. The van der Waals surface area contributed by atoms with Crippen molar-refractivity contribution in [2.75, 3.05) is 12.4 Å². The van der Waals surface area contributed by atoms with E-state index >= 15 is 0 Å². The summed E-state index contributed by atoms with van der Waals surface area (Å²) in [6, 6.07) is 14.0. The van der Waals surface area contributed by atoms with Gasteiger partial charge in [-0.15, -0.1) is 0 Å². The monoisotopic (exact) mass is 353 g/mol. The van der Waals surface area contributed by atoms with Crippen LogP contribution in [0.3, 0.4) is 0 Å². The molecule has 2 aromatic carbocycles. The van der Waals surface area contributed by atoms with Crippen molar-refractivity contribution < 1.29 is 9.47 Å². The van der Waals surface area contributed by atoms with Crippen molar-refractivity contribution >= 4 is 11.6 Å². The van der Waals surface area contributed by atoms with Crippen LogP contribution in [0.25, 0.3) is 0 Å². The zero-order valence-corrected chi connectivity index (χ0v) is 15.5. The lowest BCUT2D eigenvalue weighted by atomic mass is 10.2. The molecular formula is C21H27N3O2. The maximum absolute atomic E-state index is 6.07. The van der Waals surface area contributed by atoms with Crippen molar-refractivity contribution in [3.63, 3.8) is 0 Å². The largest absolute Gasteiger partial charge is 0.493 e. The average Bonchev–Trinajstić information content (AvgIpc) is 3.14. The Kier molecular flexibility index (Phi) is 6.00. The number of nitrogens with one attached hydrogen (secondary N) is 1. The van der Waals surface area contributed by atoms with Crippen LogP contribution in [0.4, 0.5) is 5.69 Å². The second-order valence-electron chi connectivity index (χ2n) is 6.71. The van der Waals surface area contributed by atoms with E-state index in [4.69, 9.17) is 15.2 Å². The molecule has 1 fully saturated rings. The van der Waals surface area contributed by atoms with Crippen LogP contribution in [0.15, 0.2) is 47.5 Å². The first kappa shape index (κ1) is 18.1. The van der Waals surface area contributed by atoms with Gasteiger partial charge in [-0.2, -0.15) is 0 Å². The lowest BCUT2D eigenvalue weighted by Gasteiger charge is -2.16. The molecule has 0 spiro atoms. The number of nitrogens with zero attached hydrogens (tertiary/aromatic N) is 1. The number of anilines is 1. The van der Waals surface area contributed by atoms with Crippen molar-refractivity contribution in [3.8, 4) is 11.5 Å². The first-order valence-corrected chi connectivity index (χ1v) is 9.11. The number of benzene rings is 2. The summed E-state index contributed by atoms with van der Waals surface area (Å²) in [4.78, 5) is 4.41. The molecule has 0 aliphatic heterocycles. The molecule has 1 aliphatic rings. The van der Waals surface area contributed by atoms with Crippen LogP contribution >= 0.6 is 0 Å². The Hall–Kier alpha value is -2.69. The van der Waals surface area contributed by atoms with Crippen LogP contribution in [0, 0.1) is 6.92 Å². The van der Waals surface area contributed by atoms with Gasteiger partial charge in [0.1, 0.15) is 0 Å². The SMILES string of the molecule is COc1cc(CN=C(N)Nc2cccc(C)c2)ccc1OC1CCCC1. The molecule has 1 saturated carbocycles. The Morgan fingerprint density at radius 3 is 2.69 bits per heavy atom. The van der Waals surface area contributed by atoms with E-state index in [1.54, 1.807) is 7.11 Å². The van der Waals surface area contributed by atoms with Crippen LogP contribution in [0.2, 0.25) is 0 Å². The molecule has 5 nitrogen and oxygen atoms in total. The number of guanidine groups is 1. The van der Waals surface area contributed by atoms with E-state index in [0.717, 1.165) is 35.6 Å². The molecule has 3 N–H and O–H groups in total. The molecule has 0 unspecified atom stereocenters. The molecule has 2 aromatic rings. The second kappa shape index (κ2) is 8.61. The number of rotatable bonds is 6. The number of nitrogens with two attached hydrogens (primary N) is 1. The third-order valence-electron chi connectivity index (χ3n) is 4.55. The molecule has 3 rings (SSSR count). The van der Waals surface area contributed by atoms with Crippen LogP contribution in [0.5, 0.6) is 11.5 Å². The van der Waals surface area contributed by atoms with E-state index in [1.807, 2.05) is 49.4 Å². The van der Waals surface area contributed by atoms with Gasteiger partial charge in [-0.05, 0) is 68.0 Å². The van der Waals surface area contributed by atoms with Gasteiger partial charge >= 0.3 is 0 Å². The average molecular weight is 353 g/mol. The Morgan fingerprint density at radius 2 is 1.96 bits per heavy atom. The van der Waals surface area contributed by atoms with Gasteiger partial charge < -0.3 is 20.5 Å². The van der Waals surface area contributed by atoms with Crippen molar-refractivity contribution in [1.29, 1.82) is 0 Å². The summed E-state index contributed by atoms with van der Waals surface area (Å²) >= 11 is 0. The number of hydrogen-bond acceptors (Lipinski definition) is 3. The van der Waals surface area contributed by atoms with Gasteiger partial charge in [-0.25, -0.2) is 4.99 Å². The molecule has 26 heavy (non-hydrogen) atoms. The number of methoxy groups -OCH3 is 1. The summed E-state index contributed by atoms with van der Waals surface area (Å²) in [6.07, 6.45) is 5.04. The predicted octanol–water partition coefficient (Wildman–Crippen LogP) is 4.25. The Labute approximate surface area is 155 Å². The first-order chi connectivity index (χ1) is 12.6. The van der Waals surface area contributed by atoms with Gasteiger partial charge in [-0.1, -0.05) is 18.2 Å². The normalized spacial score (nSPS) is 15.1. The molecule has 0 radical (unpaired) electrons. The fourth-order valence-electron chi connectivity index (χ4n) is 3.18. The molecule has 138 valence electrons. The van der Waals surface area contributed by atoms with Gasteiger partial charge in [0.25, 0.3) is 0 Å². The third-order valence-corrected chi connectivity index (χ3v) is 4.55. The summed E-state index contributed by atoms with van der Waals surface area (Å²) < 4.78 is 11.6. The van der Waals surface area contributed by atoms with Gasteiger partial charge in [0.15, 0.2) is 17.5 Å². The van der Waals surface area contributed by atoms with E-state index < -0.39 is 0 Å². The minimum absolute atomic E-state index is 0.307. The van der Waals surface area contributed by atoms with Crippen LogP contribution < -0.4 is 20.5 Å². The van der Waals surface area contributed by atoms with Gasteiger partial charge in [-0.3, -0.25) is 0 Å². The quantitative estimate of drug-likeness (QED) is 0.602. The van der Waals surface area contributed by atoms with E-state index in [0.29, 0.717) is 18.6 Å². The lowest BCUT2D eigenvalue weighted by molar-refractivity contribution is 0.200.